The Bertz CT molecular complexity index is 819. The molecule has 0 aliphatic rings. The molecular formula is C18H13ClO2. The Hall–Kier alpha value is -2.32. The highest BCUT2D eigenvalue weighted by Gasteiger charge is 2.13. The molecule has 3 aromatic carbocycles. The lowest BCUT2D eigenvalue weighted by Crippen LogP contribution is -2.09. The molecule has 3 rings (SSSR count). The predicted molar refractivity (Wildman–Crippen MR) is 85.1 cm³/mol. The summed E-state index contributed by atoms with van der Waals surface area (Å²) in [6.45, 7) is 1.86. The highest BCUT2D eigenvalue weighted by Crippen LogP contribution is 2.24. The fourth-order valence-corrected chi connectivity index (χ4v) is 2.51. The Labute approximate surface area is 127 Å². The quantitative estimate of drug-likeness (QED) is 0.490. The molecule has 0 atom stereocenters. The number of benzene rings is 3. The van der Waals surface area contributed by atoms with Crippen LogP contribution in [-0.2, 0) is 0 Å². The van der Waals surface area contributed by atoms with Gasteiger partial charge in [-0.05, 0) is 47.5 Å². The minimum absolute atomic E-state index is 0.364. The predicted octanol–water partition coefficient (Wildman–Crippen LogP) is 5.02. The Morgan fingerprint density at radius 2 is 1.76 bits per heavy atom. The fraction of sp³-hybridized carbons (Fsp3) is 0.0556. The van der Waals surface area contributed by atoms with Crippen molar-refractivity contribution in [3.63, 3.8) is 0 Å². The molecule has 0 saturated carbocycles. The van der Waals surface area contributed by atoms with Gasteiger partial charge in [0.05, 0.1) is 5.56 Å². The summed E-state index contributed by atoms with van der Waals surface area (Å²) in [6, 6.07) is 18.5. The van der Waals surface area contributed by atoms with E-state index in [4.69, 9.17) is 16.3 Å². The Morgan fingerprint density at radius 3 is 2.57 bits per heavy atom. The van der Waals surface area contributed by atoms with E-state index >= 15 is 0 Å². The SMILES string of the molecule is Cc1cc(Cl)ccc1OC(=O)c1cccc2ccccc12. The van der Waals surface area contributed by atoms with E-state index in [-0.39, 0.29) is 5.97 Å². The molecule has 0 aliphatic heterocycles. The third-order valence-electron chi connectivity index (χ3n) is 3.35. The highest BCUT2D eigenvalue weighted by molar-refractivity contribution is 6.30. The molecule has 0 aliphatic carbocycles. The number of halogens is 1. The van der Waals surface area contributed by atoms with Crippen LogP contribution in [-0.4, -0.2) is 5.97 Å². The van der Waals surface area contributed by atoms with E-state index in [0.717, 1.165) is 16.3 Å². The molecule has 104 valence electrons. The molecule has 0 spiro atoms. The molecule has 2 nitrogen and oxygen atoms in total. The van der Waals surface area contributed by atoms with Crippen LogP contribution in [0.1, 0.15) is 15.9 Å². The van der Waals surface area contributed by atoms with E-state index in [9.17, 15) is 4.79 Å². The molecule has 0 aromatic heterocycles. The maximum absolute atomic E-state index is 12.4. The summed E-state index contributed by atoms with van der Waals surface area (Å²) in [5.74, 6) is 0.162. The summed E-state index contributed by atoms with van der Waals surface area (Å²) in [5, 5.41) is 2.52. The molecule has 0 N–H and O–H groups in total. The Balaban J connectivity index is 1.97. The van der Waals surface area contributed by atoms with Crippen molar-refractivity contribution in [1.29, 1.82) is 0 Å². The average molecular weight is 297 g/mol. The van der Waals surface area contributed by atoms with Gasteiger partial charge in [-0.15, -0.1) is 0 Å². The summed E-state index contributed by atoms with van der Waals surface area (Å²) in [5.41, 5.74) is 1.39. The van der Waals surface area contributed by atoms with E-state index < -0.39 is 0 Å². The second-order valence-electron chi connectivity index (χ2n) is 4.83. The third-order valence-corrected chi connectivity index (χ3v) is 3.58. The molecule has 3 heteroatoms. The first-order valence-electron chi connectivity index (χ1n) is 6.61. The van der Waals surface area contributed by atoms with Crippen LogP contribution in [0.25, 0.3) is 10.8 Å². The fourth-order valence-electron chi connectivity index (χ4n) is 2.29. The topological polar surface area (TPSA) is 26.3 Å². The number of carbonyl (C=O) groups excluding carboxylic acids is 1. The Morgan fingerprint density at radius 1 is 1.00 bits per heavy atom. The molecule has 0 radical (unpaired) electrons. The van der Waals surface area contributed by atoms with E-state index in [1.54, 1.807) is 24.3 Å². The molecule has 3 aromatic rings. The van der Waals surface area contributed by atoms with Crippen molar-refractivity contribution in [2.24, 2.45) is 0 Å². The minimum atomic E-state index is -0.364. The van der Waals surface area contributed by atoms with Crippen LogP contribution in [0.2, 0.25) is 5.02 Å². The summed E-state index contributed by atoms with van der Waals surface area (Å²) in [4.78, 5) is 12.4. The minimum Gasteiger partial charge on any atom is -0.423 e. The van der Waals surface area contributed by atoms with Crippen molar-refractivity contribution in [1.82, 2.24) is 0 Å². The van der Waals surface area contributed by atoms with Gasteiger partial charge in [-0.2, -0.15) is 0 Å². The number of fused-ring (bicyclic) bond motifs is 1. The number of esters is 1. The maximum atomic E-state index is 12.4. The number of hydrogen-bond acceptors (Lipinski definition) is 2. The number of hydrogen-bond donors (Lipinski definition) is 0. The van der Waals surface area contributed by atoms with Crippen molar-refractivity contribution in [3.05, 3.63) is 76.8 Å². The van der Waals surface area contributed by atoms with Crippen LogP contribution in [0.15, 0.2) is 60.7 Å². The van der Waals surface area contributed by atoms with Gasteiger partial charge in [0.1, 0.15) is 5.75 Å². The third kappa shape index (κ3) is 2.76. The van der Waals surface area contributed by atoms with Gasteiger partial charge in [0.15, 0.2) is 0 Å². The van der Waals surface area contributed by atoms with Gasteiger partial charge >= 0.3 is 5.97 Å². The smallest absolute Gasteiger partial charge is 0.344 e. The zero-order chi connectivity index (χ0) is 14.8. The number of rotatable bonds is 2. The number of carbonyl (C=O) groups is 1. The molecule has 0 fully saturated rings. The zero-order valence-corrected chi connectivity index (χ0v) is 12.2. The number of aryl methyl sites for hydroxylation is 1. The average Bonchev–Trinajstić information content (AvgIpc) is 2.49. The molecule has 0 saturated heterocycles. The van der Waals surface area contributed by atoms with Crippen molar-refractivity contribution >= 4 is 28.3 Å². The van der Waals surface area contributed by atoms with Gasteiger partial charge in [-0.3, -0.25) is 0 Å². The monoisotopic (exact) mass is 296 g/mol. The van der Waals surface area contributed by atoms with E-state index in [0.29, 0.717) is 16.3 Å². The summed E-state index contributed by atoms with van der Waals surface area (Å²) in [6.07, 6.45) is 0. The van der Waals surface area contributed by atoms with E-state index in [1.165, 1.54) is 0 Å². The Kier molecular flexibility index (Phi) is 3.63. The molecule has 0 heterocycles. The largest absolute Gasteiger partial charge is 0.423 e. The van der Waals surface area contributed by atoms with Crippen molar-refractivity contribution in [2.75, 3.05) is 0 Å². The van der Waals surface area contributed by atoms with Crippen LogP contribution in [0.4, 0.5) is 0 Å². The molecule has 0 bridgehead atoms. The second kappa shape index (κ2) is 5.58. The highest BCUT2D eigenvalue weighted by atomic mass is 35.5. The second-order valence-corrected chi connectivity index (χ2v) is 5.26. The van der Waals surface area contributed by atoms with Gasteiger partial charge in [0.25, 0.3) is 0 Å². The summed E-state index contributed by atoms with van der Waals surface area (Å²) >= 11 is 5.91. The first-order chi connectivity index (χ1) is 10.1. The van der Waals surface area contributed by atoms with Crippen LogP contribution in [0.3, 0.4) is 0 Å². The normalized spacial score (nSPS) is 10.6. The zero-order valence-electron chi connectivity index (χ0n) is 11.5. The lowest BCUT2D eigenvalue weighted by molar-refractivity contribution is 0.0735. The van der Waals surface area contributed by atoms with Crippen molar-refractivity contribution in [2.45, 2.75) is 6.92 Å². The lowest BCUT2D eigenvalue weighted by Gasteiger charge is -2.09. The van der Waals surface area contributed by atoms with Gasteiger partial charge in [0, 0.05) is 5.02 Å². The molecular weight excluding hydrogens is 284 g/mol. The number of ether oxygens (including phenoxy) is 1. The summed E-state index contributed by atoms with van der Waals surface area (Å²) in [7, 11) is 0. The standard InChI is InChI=1S/C18H13ClO2/c1-12-11-14(19)9-10-17(12)21-18(20)16-8-4-6-13-5-2-3-7-15(13)16/h2-11H,1H3. The molecule has 0 unspecified atom stereocenters. The van der Waals surface area contributed by atoms with Crippen LogP contribution in [0.5, 0.6) is 5.75 Å². The van der Waals surface area contributed by atoms with E-state index in [1.807, 2.05) is 43.3 Å². The first kappa shape index (κ1) is 13.7. The first-order valence-corrected chi connectivity index (χ1v) is 6.99. The van der Waals surface area contributed by atoms with Gasteiger partial charge in [0.2, 0.25) is 0 Å². The van der Waals surface area contributed by atoms with Crippen LogP contribution >= 0.6 is 11.6 Å². The van der Waals surface area contributed by atoms with Gasteiger partial charge in [-0.1, -0.05) is 48.0 Å². The lowest BCUT2D eigenvalue weighted by atomic mass is 10.0. The van der Waals surface area contributed by atoms with Gasteiger partial charge in [-0.25, -0.2) is 4.79 Å². The van der Waals surface area contributed by atoms with E-state index in [2.05, 4.69) is 0 Å². The maximum Gasteiger partial charge on any atom is 0.344 e. The van der Waals surface area contributed by atoms with Gasteiger partial charge < -0.3 is 4.74 Å². The van der Waals surface area contributed by atoms with Crippen molar-refractivity contribution in [3.8, 4) is 5.75 Å². The van der Waals surface area contributed by atoms with Crippen LogP contribution < -0.4 is 4.74 Å². The van der Waals surface area contributed by atoms with Crippen molar-refractivity contribution < 1.29 is 9.53 Å². The molecule has 0 amide bonds. The van der Waals surface area contributed by atoms with Crippen LogP contribution in [0, 0.1) is 6.92 Å². The molecule has 21 heavy (non-hydrogen) atoms. The summed E-state index contributed by atoms with van der Waals surface area (Å²) < 4.78 is 5.50.